The molecule has 3 N–H and O–H groups in total. The van der Waals surface area contributed by atoms with Crippen LogP contribution in [0.2, 0.25) is 5.02 Å². The van der Waals surface area contributed by atoms with Gasteiger partial charge in [0.15, 0.2) is 0 Å². The average molecular weight is 465 g/mol. The quantitative estimate of drug-likeness (QED) is 0.443. The van der Waals surface area contributed by atoms with Gasteiger partial charge in [-0.3, -0.25) is 9.59 Å². The molecular formula is C22H29ClN4O3S. The lowest BCUT2D eigenvalue weighted by atomic mass is 9.86. The lowest BCUT2D eigenvalue weighted by Gasteiger charge is -2.38. The summed E-state index contributed by atoms with van der Waals surface area (Å²) in [6.45, 7) is 11.2. The molecule has 0 aliphatic carbocycles. The highest BCUT2D eigenvalue weighted by atomic mass is 35.5. The molecule has 31 heavy (non-hydrogen) atoms. The van der Waals surface area contributed by atoms with Crippen molar-refractivity contribution in [1.29, 1.82) is 0 Å². The Kier molecular flexibility index (Phi) is 6.81. The van der Waals surface area contributed by atoms with Crippen LogP contribution in [-0.2, 0) is 15.0 Å². The number of nitrogens with one attached hydrogen (secondary N) is 2. The van der Waals surface area contributed by atoms with Gasteiger partial charge in [0, 0.05) is 44.0 Å². The summed E-state index contributed by atoms with van der Waals surface area (Å²) in [5.41, 5.74) is 1.41. The first-order valence-corrected chi connectivity index (χ1v) is 11.3. The molecule has 0 aromatic heterocycles. The minimum atomic E-state index is -0.152. The number of benzene rings is 1. The molecule has 7 nitrogen and oxygen atoms in total. The lowest BCUT2D eigenvalue weighted by Crippen LogP contribution is -2.60. The number of phenols is 1. The Hall–Kier alpha value is -2.32. The van der Waals surface area contributed by atoms with Gasteiger partial charge in [-0.15, -0.1) is 0 Å². The molecule has 1 unspecified atom stereocenters. The van der Waals surface area contributed by atoms with Crippen molar-refractivity contribution in [3.05, 3.63) is 46.5 Å². The molecule has 2 heterocycles. The molecular weight excluding hydrogens is 436 g/mol. The Morgan fingerprint density at radius 2 is 2.03 bits per heavy atom. The van der Waals surface area contributed by atoms with Crippen molar-refractivity contribution in [2.75, 3.05) is 32.0 Å². The van der Waals surface area contributed by atoms with E-state index >= 15 is 0 Å². The summed E-state index contributed by atoms with van der Waals surface area (Å²) in [5, 5.41) is 17.1. The van der Waals surface area contributed by atoms with Crippen LogP contribution in [0.25, 0.3) is 0 Å². The van der Waals surface area contributed by atoms with Gasteiger partial charge in [0.05, 0.1) is 22.0 Å². The van der Waals surface area contributed by atoms with Crippen molar-refractivity contribution in [2.24, 2.45) is 0 Å². The van der Waals surface area contributed by atoms with Crippen LogP contribution >= 0.6 is 23.4 Å². The smallest absolute Gasteiger partial charge is 0.259 e. The average Bonchev–Trinajstić information content (AvgIpc) is 3.02. The van der Waals surface area contributed by atoms with Crippen LogP contribution in [0.15, 0.2) is 35.9 Å². The SMILES string of the molecule is C=CC(=O)N1CC(NC(=O)C2=CN(C)C(CNc3cc(C(C)(C)C)c(Cl)cc3O)S2)C1. The molecule has 168 valence electrons. The van der Waals surface area contributed by atoms with Crippen LogP contribution in [0.1, 0.15) is 26.3 Å². The number of halogens is 1. The van der Waals surface area contributed by atoms with E-state index in [0.29, 0.717) is 35.2 Å². The third kappa shape index (κ3) is 5.30. The van der Waals surface area contributed by atoms with Crippen molar-refractivity contribution >= 4 is 40.9 Å². The third-order valence-electron chi connectivity index (χ3n) is 5.33. The van der Waals surface area contributed by atoms with Crippen LogP contribution in [0, 0.1) is 0 Å². The van der Waals surface area contributed by atoms with Crippen LogP contribution in [-0.4, -0.2) is 64.8 Å². The number of nitrogens with zero attached hydrogens (tertiary/aromatic N) is 2. The van der Waals surface area contributed by atoms with Gasteiger partial charge in [-0.25, -0.2) is 0 Å². The zero-order valence-electron chi connectivity index (χ0n) is 18.2. The van der Waals surface area contributed by atoms with Gasteiger partial charge >= 0.3 is 0 Å². The van der Waals surface area contributed by atoms with Crippen molar-refractivity contribution in [3.63, 3.8) is 0 Å². The Morgan fingerprint density at radius 3 is 2.65 bits per heavy atom. The second-order valence-electron chi connectivity index (χ2n) is 8.83. The molecule has 3 rings (SSSR count). The van der Waals surface area contributed by atoms with E-state index in [0.717, 1.165) is 5.56 Å². The number of likely N-dealkylation sites (tertiary alicyclic amines) is 1. The van der Waals surface area contributed by atoms with Crippen molar-refractivity contribution in [1.82, 2.24) is 15.1 Å². The van der Waals surface area contributed by atoms with E-state index < -0.39 is 0 Å². The largest absolute Gasteiger partial charge is 0.506 e. The molecule has 9 heteroatoms. The predicted molar refractivity (Wildman–Crippen MR) is 126 cm³/mol. The zero-order valence-corrected chi connectivity index (χ0v) is 19.8. The molecule has 2 amide bonds. The van der Waals surface area contributed by atoms with Crippen LogP contribution in [0.3, 0.4) is 0 Å². The highest BCUT2D eigenvalue weighted by molar-refractivity contribution is 8.04. The van der Waals surface area contributed by atoms with E-state index in [1.54, 1.807) is 11.0 Å². The monoisotopic (exact) mass is 464 g/mol. The Balaban J connectivity index is 1.54. The Bertz CT molecular complexity index is 922. The summed E-state index contributed by atoms with van der Waals surface area (Å²) in [6, 6.07) is 3.40. The number of carbonyl (C=O) groups is 2. The minimum absolute atomic E-state index is 0.00542. The number of aromatic hydroxyl groups is 1. The topological polar surface area (TPSA) is 84.9 Å². The van der Waals surface area contributed by atoms with Crippen molar-refractivity contribution < 1.29 is 14.7 Å². The molecule has 1 atom stereocenters. The van der Waals surface area contributed by atoms with Gasteiger partial charge < -0.3 is 25.5 Å². The standard InChI is InChI=1S/C22H29ClN4O3S/c1-6-19(29)27-10-13(11-27)25-21(30)18-12-26(5)20(31-18)9-24-16-7-14(22(2,3)4)15(23)8-17(16)28/h6-8,12-13,20,24,28H,1,9-11H2,2-5H3,(H,25,30). The molecule has 2 aliphatic rings. The summed E-state index contributed by atoms with van der Waals surface area (Å²) >= 11 is 7.76. The Morgan fingerprint density at radius 1 is 1.35 bits per heavy atom. The molecule has 0 spiro atoms. The number of amides is 2. The van der Waals surface area contributed by atoms with Gasteiger partial charge in [-0.2, -0.15) is 0 Å². The van der Waals surface area contributed by atoms with Gasteiger partial charge in [0.2, 0.25) is 5.91 Å². The van der Waals surface area contributed by atoms with Gasteiger partial charge in [0.25, 0.3) is 5.91 Å². The van der Waals surface area contributed by atoms with Gasteiger partial charge in [-0.1, -0.05) is 50.7 Å². The van der Waals surface area contributed by atoms with Gasteiger partial charge in [-0.05, 0) is 23.1 Å². The van der Waals surface area contributed by atoms with E-state index in [4.69, 9.17) is 11.6 Å². The van der Waals surface area contributed by atoms with Crippen LogP contribution in [0.5, 0.6) is 5.75 Å². The highest BCUT2D eigenvalue weighted by Gasteiger charge is 2.33. The first-order valence-electron chi connectivity index (χ1n) is 10.1. The van der Waals surface area contributed by atoms with Crippen LogP contribution < -0.4 is 10.6 Å². The van der Waals surface area contributed by atoms with E-state index in [1.807, 2.05) is 24.2 Å². The number of thioether (sulfide) groups is 1. The number of anilines is 1. The second kappa shape index (κ2) is 9.04. The minimum Gasteiger partial charge on any atom is -0.506 e. The fourth-order valence-electron chi connectivity index (χ4n) is 3.44. The second-order valence-corrected chi connectivity index (χ2v) is 10.5. The number of hydrogen-bond acceptors (Lipinski definition) is 6. The fraction of sp³-hybridized carbons (Fsp3) is 0.455. The number of likely N-dealkylation sites (N-methyl/N-ethyl adjacent to an activating group) is 1. The molecule has 1 saturated heterocycles. The van der Waals surface area contributed by atoms with E-state index in [2.05, 4.69) is 38.0 Å². The fourth-order valence-corrected chi connectivity index (χ4v) is 4.96. The maximum atomic E-state index is 12.6. The number of phenolic OH excluding ortho intramolecular Hbond substituents is 1. The summed E-state index contributed by atoms with van der Waals surface area (Å²) in [5.74, 6) is -0.163. The molecule has 0 radical (unpaired) electrons. The lowest BCUT2D eigenvalue weighted by molar-refractivity contribution is -0.132. The Labute approximate surface area is 192 Å². The van der Waals surface area contributed by atoms with Crippen LogP contribution in [0.4, 0.5) is 5.69 Å². The molecule has 1 fully saturated rings. The normalized spacial score (nSPS) is 19.0. The molecule has 0 saturated carbocycles. The number of rotatable bonds is 6. The number of carbonyl (C=O) groups excluding carboxylic acids is 2. The van der Waals surface area contributed by atoms with Crippen molar-refractivity contribution in [3.8, 4) is 5.75 Å². The number of hydrogen-bond donors (Lipinski definition) is 3. The van der Waals surface area contributed by atoms with Gasteiger partial charge in [0.1, 0.15) is 5.75 Å². The first-order chi connectivity index (χ1) is 14.5. The predicted octanol–water partition coefficient (Wildman–Crippen LogP) is 3.11. The maximum absolute atomic E-state index is 12.6. The molecule has 1 aromatic carbocycles. The molecule has 1 aromatic rings. The molecule has 2 aliphatic heterocycles. The molecule has 0 bridgehead atoms. The summed E-state index contributed by atoms with van der Waals surface area (Å²) in [4.78, 5) is 28.3. The first kappa shape index (κ1) is 23.3. The van der Waals surface area contributed by atoms with E-state index in [1.165, 1.54) is 17.8 Å². The van der Waals surface area contributed by atoms with E-state index in [-0.39, 0.29) is 34.4 Å². The highest BCUT2D eigenvalue weighted by Crippen LogP contribution is 2.38. The van der Waals surface area contributed by atoms with E-state index in [9.17, 15) is 14.7 Å². The third-order valence-corrected chi connectivity index (χ3v) is 6.95. The van der Waals surface area contributed by atoms with Crippen molar-refractivity contribution in [2.45, 2.75) is 37.6 Å². The maximum Gasteiger partial charge on any atom is 0.259 e. The summed E-state index contributed by atoms with van der Waals surface area (Å²) in [7, 11) is 1.91. The zero-order chi connectivity index (χ0) is 22.9. The summed E-state index contributed by atoms with van der Waals surface area (Å²) in [6.07, 6.45) is 3.10. The summed E-state index contributed by atoms with van der Waals surface area (Å²) < 4.78 is 0.